The zero-order valence-electron chi connectivity index (χ0n) is 11.5. The highest BCUT2D eigenvalue weighted by molar-refractivity contribution is 5.81. The number of carbonyl (C=O) groups is 1. The maximum Gasteiger partial charge on any atom is 0.330 e. The zero-order valence-corrected chi connectivity index (χ0v) is 11.5. The molecule has 0 aliphatic rings. The maximum atomic E-state index is 10.8. The van der Waals surface area contributed by atoms with Gasteiger partial charge < -0.3 is 4.74 Å². The summed E-state index contributed by atoms with van der Waals surface area (Å²) >= 11 is 0. The van der Waals surface area contributed by atoms with Crippen molar-refractivity contribution in [2.75, 3.05) is 6.61 Å². The molecule has 17 heavy (non-hydrogen) atoms. The van der Waals surface area contributed by atoms with E-state index in [0.717, 1.165) is 18.8 Å². The molecule has 0 aromatic carbocycles. The molecular formula is C15H28O2. The number of ether oxygens (including phenoxy) is 1. The Morgan fingerprint density at radius 3 is 2.41 bits per heavy atom. The van der Waals surface area contributed by atoms with Crippen LogP contribution in [0.1, 0.15) is 65.2 Å². The molecule has 0 fully saturated rings. The van der Waals surface area contributed by atoms with Crippen LogP contribution < -0.4 is 0 Å². The van der Waals surface area contributed by atoms with E-state index >= 15 is 0 Å². The number of esters is 1. The predicted octanol–water partition coefficient (Wildman–Crippen LogP) is 4.49. The molecule has 0 bridgehead atoms. The summed E-state index contributed by atoms with van der Waals surface area (Å²) in [5.74, 6) is 0.500. The second-order valence-electron chi connectivity index (χ2n) is 4.82. The normalized spacial score (nSPS) is 12.1. The summed E-state index contributed by atoms with van der Waals surface area (Å²) in [5.41, 5.74) is 0. The van der Waals surface area contributed by atoms with Crippen molar-refractivity contribution >= 4 is 5.97 Å². The average Bonchev–Trinajstić information content (AvgIpc) is 2.34. The Labute approximate surface area is 106 Å². The van der Waals surface area contributed by atoms with E-state index in [-0.39, 0.29) is 5.97 Å². The zero-order chi connectivity index (χ0) is 12.9. The van der Waals surface area contributed by atoms with Crippen molar-refractivity contribution in [2.24, 2.45) is 5.92 Å². The molecule has 0 radical (unpaired) electrons. The van der Waals surface area contributed by atoms with Crippen LogP contribution in [-0.4, -0.2) is 12.6 Å². The van der Waals surface area contributed by atoms with Gasteiger partial charge in [0.15, 0.2) is 0 Å². The van der Waals surface area contributed by atoms with Gasteiger partial charge in [-0.2, -0.15) is 0 Å². The van der Waals surface area contributed by atoms with Crippen LogP contribution in [0.2, 0.25) is 0 Å². The number of carbonyl (C=O) groups excluding carboxylic acids is 1. The average molecular weight is 240 g/mol. The third-order valence-corrected chi connectivity index (χ3v) is 3.05. The summed E-state index contributed by atoms with van der Waals surface area (Å²) in [4.78, 5) is 10.8. The molecule has 0 saturated heterocycles. The molecule has 0 aromatic rings. The molecule has 2 heteroatoms. The van der Waals surface area contributed by atoms with E-state index in [4.69, 9.17) is 4.74 Å². The Balaban J connectivity index is 3.24. The van der Waals surface area contributed by atoms with E-state index in [9.17, 15) is 4.79 Å². The van der Waals surface area contributed by atoms with Gasteiger partial charge in [0.2, 0.25) is 0 Å². The Morgan fingerprint density at radius 2 is 1.82 bits per heavy atom. The number of unbranched alkanes of at least 4 members (excludes halogenated alkanes) is 4. The summed E-state index contributed by atoms with van der Waals surface area (Å²) in [7, 11) is 0. The Kier molecular flexibility index (Phi) is 11.1. The standard InChI is InChI=1S/C15H28O2/c1-4-6-7-8-11-14(3)12-9-10-13-17-15(16)5-2/h5,14H,2,4,6-13H2,1,3H3. The van der Waals surface area contributed by atoms with E-state index in [1.165, 1.54) is 44.6 Å². The number of hydrogen-bond acceptors (Lipinski definition) is 2. The molecule has 0 heterocycles. The summed E-state index contributed by atoms with van der Waals surface area (Å²) in [6.45, 7) is 8.46. The van der Waals surface area contributed by atoms with Gasteiger partial charge in [-0.1, -0.05) is 59.0 Å². The summed E-state index contributed by atoms with van der Waals surface area (Å²) in [6.07, 6.45) is 11.3. The van der Waals surface area contributed by atoms with Gasteiger partial charge in [-0.15, -0.1) is 0 Å². The molecule has 0 aromatic heterocycles. The van der Waals surface area contributed by atoms with Crippen LogP contribution in [0, 0.1) is 5.92 Å². The molecule has 1 atom stereocenters. The van der Waals surface area contributed by atoms with Gasteiger partial charge in [-0.3, -0.25) is 0 Å². The molecular weight excluding hydrogens is 212 g/mol. The van der Waals surface area contributed by atoms with E-state index < -0.39 is 0 Å². The molecule has 0 aliphatic heterocycles. The predicted molar refractivity (Wildman–Crippen MR) is 72.9 cm³/mol. The van der Waals surface area contributed by atoms with Gasteiger partial charge in [0.25, 0.3) is 0 Å². The Hall–Kier alpha value is -0.790. The van der Waals surface area contributed by atoms with Crippen LogP contribution >= 0.6 is 0 Å². The highest BCUT2D eigenvalue weighted by Gasteiger charge is 2.02. The van der Waals surface area contributed by atoms with Crippen molar-refractivity contribution in [3.8, 4) is 0 Å². The SMILES string of the molecule is C=CC(=O)OCCCCC(C)CCCCCC. The van der Waals surface area contributed by atoms with Gasteiger partial charge in [0, 0.05) is 6.08 Å². The minimum absolute atomic E-state index is 0.308. The van der Waals surface area contributed by atoms with Crippen molar-refractivity contribution < 1.29 is 9.53 Å². The third-order valence-electron chi connectivity index (χ3n) is 3.05. The Bertz CT molecular complexity index is 199. The maximum absolute atomic E-state index is 10.8. The van der Waals surface area contributed by atoms with Gasteiger partial charge in [-0.05, 0) is 18.8 Å². The molecule has 0 N–H and O–H groups in total. The van der Waals surface area contributed by atoms with Crippen molar-refractivity contribution in [1.29, 1.82) is 0 Å². The Morgan fingerprint density at radius 1 is 1.18 bits per heavy atom. The topological polar surface area (TPSA) is 26.3 Å². The fourth-order valence-corrected chi connectivity index (χ4v) is 1.89. The smallest absolute Gasteiger partial charge is 0.330 e. The second kappa shape index (κ2) is 11.7. The number of rotatable bonds is 11. The molecule has 0 aliphatic carbocycles. The largest absolute Gasteiger partial charge is 0.463 e. The van der Waals surface area contributed by atoms with Crippen molar-refractivity contribution in [3.63, 3.8) is 0 Å². The molecule has 1 unspecified atom stereocenters. The molecule has 0 spiro atoms. The van der Waals surface area contributed by atoms with Crippen LogP contribution in [0.15, 0.2) is 12.7 Å². The van der Waals surface area contributed by atoms with Gasteiger partial charge in [-0.25, -0.2) is 4.79 Å². The van der Waals surface area contributed by atoms with Crippen LogP contribution in [-0.2, 0) is 9.53 Å². The van der Waals surface area contributed by atoms with Crippen molar-refractivity contribution in [2.45, 2.75) is 65.2 Å². The first-order chi connectivity index (χ1) is 8.20. The van der Waals surface area contributed by atoms with E-state index in [1.54, 1.807) is 0 Å². The lowest BCUT2D eigenvalue weighted by atomic mass is 9.97. The number of hydrogen-bond donors (Lipinski definition) is 0. The molecule has 0 saturated carbocycles. The first-order valence-electron chi connectivity index (χ1n) is 6.99. The minimum atomic E-state index is -0.308. The highest BCUT2D eigenvalue weighted by Crippen LogP contribution is 2.16. The van der Waals surface area contributed by atoms with Crippen molar-refractivity contribution in [3.05, 3.63) is 12.7 Å². The van der Waals surface area contributed by atoms with Gasteiger partial charge >= 0.3 is 5.97 Å². The second-order valence-corrected chi connectivity index (χ2v) is 4.82. The fraction of sp³-hybridized carbons (Fsp3) is 0.800. The quantitative estimate of drug-likeness (QED) is 0.302. The van der Waals surface area contributed by atoms with Crippen LogP contribution in [0.25, 0.3) is 0 Å². The first kappa shape index (κ1) is 16.2. The van der Waals surface area contributed by atoms with E-state index in [2.05, 4.69) is 20.4 Å². The molecule has 100 valence electrons. The van der Waals surface area contributed by atoms with Gasteiger partial charge in [0.1, 0.15) is 0 Å². The fourth-order valence-electron chi connectivity index (χ4n) is 1.89. The van der Waals surface area contributed by atoms with Crippen LogP contribution in [0.5, 0.6) is 0 Å². The summed E-state index contributed by atoms with van der Waals surface area (Å²) < 4.78 is 4.93. The molecule has 2 nitrogen and oxygen atoms in total. The van der Waals surface area contributed by atoms with Crippen LogP contribution in [0.3, 0.4) is 0 Å². The van der Waals surface area contributed by atoms with Crippen LogP contribution in [0.4, 0.5) is 0 Å². The molecule has 0 rings (SSSR count). The lowest BCUT2D eigenvalue weighted by molar-refractivity contribution is -0.137. The summed E-state index contributed by atoms with van der Waals surface area (Å²) in [5, 5.41) is 0. The van der Waals surface area contributed by atoms with E-state index in [0.29, 0.717) is 6.61 Å². The monoisotopic (exact) mass is 240 g/mol. The summed E-state index contributed by atoms with van der Waals surface area (Å²) in [6, 6.07) is 0. The third kappa shape index (κ3) is 11.5. The van der Waals surface area contributed by atoms with Gasteiger partial charge in [0.05, 0.1) is 6.61 Å². The first-order valence-corrected chi connectivity index (χ1v) is 6.99. The van der Waals surface area contributed by atoms with E-state index in [1.807, 2.05) is 0 Å². The van der Waals surface area contributed by atoms with Crippen molar-refractivity contribution in [1.82, 2.24) is 0 Å². The lowest BCUT2D eigenvalue weighted by Gasteiger charge is -2.10. The highest BCUT2D eigenvalue weighted by atomic mass is 16.5. The lowest BCUT2D eigenvalue weighted by Crippen LogP contribution is -2.02. The minimum Gasteiger partial charge on any atom is -0.463 e. The molecule has 0 amide bonds.